The first-order chi connectivity index (χ1) is 5.17. The van der Waals surface area contributed by atoms with Crippen molar-refractivity contribution in [2.45, 2.75) is 39.2 Å². The second-order valence-corrected chi connectivity index (χ2v) is 4.03. The van der Waals surface area contributed by atoms with E-state index in [4.69, 9.17) is 10.5 Å². The molecule has 1 unspecified atom stereocenters. The smallest absolute Gasteiger partial charge is 0.0638 e. The van der Waals surface area contributed by atoms with Gasteiger partial charge < -0.3 is 10.5 Å². The molecular weight excluding hydrogens is 138 g/mol. The van der Waals surface area contributed by atoms with E-state index in [1.54, 1.807) is 0 Å². The van der Waals surface area contributed by atoms with Gasteiger partial charge in [0.1, 0.15) is 0 Å². The van der Waals surface area contributed by atoms with Crippen LogP contribution in [0.3, 0.4) is 0 Å². The maximum Gasteiger partial charge on any atom is 0.0638 e. The highest BCUT2D eigenvalue weighted by atomic mass is 16.5. The molecule has 0 spiro atoms. The van der Waals surface area contributed by atoms with Crippen LogP contribution in [0.25, 0.3) is 0 Å². The molecule has 0 bridgehead atoms. The van der Waals surface area contributed by atoms with Crippen LogP contribution in [0.1, 0.15) is 33.1 Å². The molecule has 1 fully saturated rings. The van der Waals surface area contributed by atoms with E-state index < -0.39 is 0 Å². The van der Waals surface area contributed by atoms with Crippen molar-refractivity contribution in [3.63, 3.8) is 0 Å². The summed E-state index contributed by atoms with van der Waals surface area (Å²) in [6.45, 7) is 6.21. The van der Waals surface area contributed by atoms with E-state index in [9.17, 15) is 0 Å². The summed E-state index contributed by atoms with van der Waals surface area (Å²) in [5.74, 6) is 0. The van der Waals surface area contributed by atoms with Gasteiger partial charge in [0.25, 0.3) is 0 Å². The first kappa shape index (κ1) is 9.01. The van der Waals surface area contributed by atoms with Crippen molar-refractivity contribution in [2.75, 3.05) is 13.2 Å². The Hall–Kier alpha value is -0.0800. The molecule has 0 aromatic heterocycles. The monoisotopic (exact) mass is 157 g/mol. The third-order valence-corrected chi connectivity index (χ3v) is 2.58. The molecule has 66 valence electrons. The first-order valence-electron chi connectivity index (χ1n) is 4.48. The Kier molecular flexibility index (Phi) is 2.90. The van der Waals surface area contributed by atoms with Crippen LogP contribution >= 0.6 is 0 Å². The molecule has 1 saturated heterocycles. The predicted molar refractivity (Wildman–Crippen MR) is 46.4 cm³/mol. The topological polar surface area (TPSA) is 35.2 Å². The molecule has 0 saturated carbocycles. The fourth-order valence-corrected chi connectivity index (χ4v) is 1.77. The summed E-state index contributed by atoms with van der Waals surface area (Å²) in [4.78, 5) is 0. The van der Waals surface area contributed by atoms with E-state index in [0.29, 0.717) is 11.5 Å². The lowest BCUT2D eigenvalue weighted by molar-refractivity contribution is -0.0697. The Labute approximate surface area is 69.1 Å². The fourth-order valence-electron chi connectivity index (χ4n) is 1.77. The van der Waals surface area contributed by atoms with Crippen molar-refractivity contribution in [3.8, 4) is 0 Å². The summed E-state index contributed by atoms with van der Waals surface area (Å²) >= 11 is 0. The highest BCUT2D eigenvalue weighted by molar-refractivity contribution is 4.82. The highest BCUT2D eigenvalue weighted by Crippen LogP contribution is 2.34. The second-order valence-electron chi connectivity index (χ2n) is 4.03. The molecule has 1 aliphatic heterocycles. The van der Waals surface area contributed by atoms with Gasteiger partial charge in [0.05, 0.1) is 6.10 Å². The summed E-state index contributed by atoms with van der Waals surface area (Å²) in [5, 5.41) is 0. The second kappa shape index (κ2) is 3.55. The Morgan fingerprint density at radius 1 is 1.55 bits per heavy atom. The van der Waals surface area contributed by atoms with E-state index in [2.05, 4.69) is 13.8 Å². The van der Waals surface area contributed by atoms with Gasteiger partial charge in [0.15, 0.2) is 0 Å². The van der Waals surface area contributed by atoms with Gasteiger partial charge in [-0.1, -0.05) is 13.8 Å². The quantitative estimate of drug-likeness (QED) is 0.660. The first-order valence-corrected chi connectivity index (χ1v) is 4.48. The van der Waals surface area contributed by atoms with Crippen LogP contribution in [0.15, 0.2) is 0 Å². The van der Waals surface area contributed by atoms with Crippen molar-refractivity contribution in [3.05, 3.63) is 0 Å². The number of hydrogen-bond donors (Lipinski definition) is 1. The van der Waals surface area contributed by atoms with E-state index in [-0.39, 0.29) is 0 Å². The molecule has 0 aromatic rings. The largest absolute Gasteiger partial charge is 0.378 e. The van der Waals surface area contributed by atoms with Crippen molar-refractivity contribution in [1.29, 1.82) is 0 Å². The molecule has 0 radical (unpaired) electrons. The van der Waals surface area contributed by atoms with Crippen LogP contribution in [0.2, 0.25) is 0 Å². The third kappa shape index (κ3) is 2.17. The van der Waals surface area contributed by atoms with Crippen molar-refractivity contribution in [2.24, 2.45) is 11.1 Å². The molecule has 11 heavy (non-hydrogen) atoms. The Balaban J connectivity index is 2.45. The SMILES string of the molecule is CC1(C)CCCOC1CCN. The average molecular weight is 157 g/mol. The minimum absolute atomic E-state index is 0.345. The molecule has 0 aromatic carbocycles. The summed E-state index contributed by atoms with van der Waals surface area (Å²) < 4.78 is 5.65. The van der Waals surface area contributed by atoms with Crippen LogP contribution < -0.4 is 5.73 Å². The molecule has 2 heteroatoms. The van der Waals surface area contributed by atoms with Gasteiger partial charge in [-0.2, -0.15) is 0 Å². The molecule has 1 aliphatic rings. The Morgan fingerprint density at radius 3 is 2.82 bits per heavy atom. The lowest BCUT2D eigenvalue weighted by Gasteiger charge is -2.38. The van der Waals surface area contributed by atoms with Crippen LogP contribution in [-0.2, 0) is 4.74 Å². The van der Waals surface area contributed by atoms with Crippen molar-refractivity contribution >= 4 is 0 Å². The van der Waals surface area contributed by atoms with Crippen LogP contribution in [-0.4, -0.2) is 19.3 Å². The maximum atomic E-state index is 5.65. The standard InChI is InChI=1S/C9H19NO/c1-9(2)5-3-7-11-8(9)4-6-10/h8H,3-7,10H2,1-2H3. The van der Waals surface area contributed by atoms with E-state index >= 15 is 0 Å². The van der Waals surface area contributed by atoms with E-state index in [1.807, 2.05) is 0 Å². The number of rotatable bonds is 2. The Bertz CT molecular complexity index is 121. The molecule has 2 nitrogen and oxygen atoms in total. The van der Waals surface area contributed by atoms with Crippen LogP contribution in [0.4, 0.5) is 0 Å². The average Bonchev–Trinajstić information content (AvgIpc) is 1.94. The Morgan fingerprint density at radius 2 is 2.27 bits per heavy atom. The maximum absolute atomic E-state index is 5.65. The minimum atomic E-state index is 0.345. The summed E-state index contributed by atoms with van der Waals surface area (Å²) in [5.41, 5.74) is 5.85. The molecular formula is C9H19NO. The van der Waals surface area contributed by atoms with Crippen molar-refractivity contribution < 1.29 is 4.74 Å². The number of hydrogen-bond acceptors (Lipinski definition) is 2. The van der Waals surface area contributed by atoms with Gasteiger partial charge in [-0.05, 0) is 31.2 Å². The van der Waals surface area contributed by atoms with Gasteiger partial charge in [0, 0.05) is 6.61 Å². The zero-order chi connectivity index (χ0) is 8.32. The fraction of sp³-hybridized carbons (Fsp3) is 1.00. The number of nitrogens with two attached hydrogens (primary N) is 1. The zero-order valence-corrected chi connectivity index (χ0v) is 7.60. The molecule has 0 aliphatic carbocycles. The lowest BCUT2D eigenvalue weighted by Crippen LogP contribution is -2.38. The van der Waals surface area contributed by atoms with Gasteiger partial charge in [-0.3, -0.25) is 0 Å². The van der Waals surface area contributed by atoms with Gasteiger partial charge in [0.2, 0.25) is 0 Å². The van der Waals surface area contributed by atoms with E-state index in [1.165, 1.54) is 12.8 Å². The molecule has 1 rings (SSSR count). The predicted octanol–water partition coefficient (Wildman–Crippen LogP) is 1.54. The molecule has 1 heterocycles. The van der Waals surface area contributed by atoms with E-state index in [0.717, 1.165) is 19.6 Å². The summed E-state index contributed by atoms with van der Waals surface area (Å²) in [6.07, 6.45) is 3.87. The lowest BCUT2D eigenvalue weighted by atomic mass is 9.79. The normalized spacial score (nSPS) is 30.3. The molecule has 2 N–H and O–H groups in total. The summed E-state index contributed by atoms with van der Waals surface area (Å²) in [7, 11) is 0. The van der Waals surface area contributed by atoms with Gasteiger partial charge in [-0.25, -0.2) is 0 Å². The van der Waals surface area contributed by atoms with Gasteiger partial charge >= 0.3 is 0 Å². The van der Waals surface area contributed by atoms with Crippen molar-refractivity contribution in [1.82, 2.24) is 0 Å². The third-order valence-electron chi connectivity index (χ3n) is 2.58. The highest BCUT2D eigenvalue weighted by Gasteiger charge is 2.32. The molecule has 0 amide bonds. The minimum Gasteiger partial charge on any atom is -0.378 e. The molecule has 1 atom stereocenters. The summed E-state index contributed by atoms with van der Waals surface area (Å²) in [6, 6.07) is 0. The van der Waals surface area contributed by atoms with Gasteiger partial charge in [-0.15, -0.1) is 0 Å². The van der Waals surface area contributed by atoms with Crippen LogP contribution in [0.5, 0.6) is 0 Å². The number of ether oxygens (including phenoxy) is 1. The zero-order valence-electron chi connectivity index (χ0n) is 7.60. The van der Waals surface area contributed by atoms with Crippen LogP contribution in [0, 0.1) is 5.41 Å².